The maximum absolute atomic E-state index is 12.9. The molecule has 3 aromatic rings. The third-order valence-corrected chi connectivity index (χ3v) is 5.11. The number of esters is 1. The topological polar surface area (TPSA) is 103 Å². The Morgan fingerprint density at radius 3 is 2.18 bits per heavy atom. The van der Waals surface area contributed by atoms with Gasteiger partial charge >= 0.3 is 11.9 Å². The van der Waals surface area contributed by atoms with Crippen LogP contribution in [0.3, 0.4) is 0 Å². The Bertz CT molecular complexity index is 1050. The standard InChI is InChI=1S/C19H12N2O6S/c22-17(11-26-19(23)14-9-10-18(27-14)21(24)25)20-12-5-1-3-7-15(12)28-16-8-4-2-6-13(16)20/h1-10H,11H2. The molecule has 0 fully saturated rings. The first-order valence-electron chi connectivity index (χ1n) is 8.15. The molecule has 8 nitrogen and oxygen atoms in total. The number of rotatable bonds is 4. The van der Waals surface area contributed by atoms with Crippen molar-refractivity contribution in [1.82, 2.24) is 0 Å². The van der Waals surface area contributed by atoms with E-state index in [1.54, 1.807) is 11.8 Å². The van der Waals surface area contributed by atoms with E-state index in [2.05, 4.69) is 0 Å². The number of furan rings is 1. The van der Waals surface area contributed by atoms with Gasteiger partial charge in [0.05, 0.1) is 17.4 Å². The number of para-hydroxylation sites is 2. The summed E-state index contributed by atoms with van der Waals surface area (Å²) in [7, 11) is 0. The van der Waals surface area contributed by atoms with Crippen LogP contribution in [-0.2, 0) is 9.53 Å². The minimum Gasteiger partial charge on any atom is -0.450 e. The van der Waals surface area contributed by atoms with E-state index in [4.69, 9.17) is 9.15 Å². The minimum absolute atomic E-state index is 0.338. The molecule has 1 amide bonds. The molecular formula is C19H12N2O6S. The first-order chi connectivity index (χ1) is 13.5. The quantitative estimate of drug-likeness (QED) is 0.370. The van der Waals surface area contributed by atoms with Gasteiger partial charge in [-0.15, -0.1) is 0 Å². The highest BCUT2D eigenvalue weighted by Gasteiger charge is 2.29. The van der Waals surface area contributed by atoms with Crippen LogP contribution in [0, 0.1) is 10.1 Å². The largest absolute Gasteiger partial charge is 0.450 e. The predicted molar refractivity (Wildman–Crippen MR) is 99.8 cm³/mol. The molecular weight excluding hydrogens is 384 g/mol. The number of benzene rings is 2. The van der Waals surface area contributed by atoms with Gasteiger partial charge < -0.3 is 9.15 Å². The predicted octanol–water partition coefficient (Wildman–Crippen LogP) is 4.17. The number of carbonyl (C=O) groups is 2. The van der Waals surface area contributed by atoms with Gasteiger partial charge in [0.25, 0.3) is 5.91 Å². The summed E-state index contributed by atoms with van der Waals surface area (Å²) in [6.07, 6.45) is 0. The monoisotopic (exact) mass is 396 g/mol. The number of hydrogen-bond donors (Lipinski definition) is 0. The van der Waals surface area contributed by atoms with Gasteiger partial charge in [-0.3, -0.25) is 19.8 Å². The van der Waals surface area contributed by atoms with Crippen molar-refractivity contribution in [3.8, 4) is 0 Å². The molecule has 0 unspecified atom stereocenters. The summed E-state index contributed by atoms with van der Waals surface area (Å²) in [5.41, 5.74) is 1.39. The molecule has 4 rings (SSSR count). The van der Waals surface area contributed by atoms with Crippen molar-refractivity contribution in [2.75, 3.05) is 11.5 Å². The van der Waals surface area contributed by atoms with Crippen LogP contribution in [0.15, 0.2) is 74.9 Å². The van der Waals surface area contributed by atoms with Crippen LogP contribution < -0.4 is 4.90 Å². The number of amides is 1. The molecule has 1 aliphatic rings. The normalized spacial score (nSPS) is 12.1. The van der Waals surface area contributed by atoms with Gasteiger partial charge in [0.15, 0.2) is 6.61 Å². The van der Waals surface area contributed by atoms with Crippen molar-refractivity contribution in [2.45, 2.75) is 9.79 Å². The summed E-state index contributed by atoms with van der Waals surface area (Å²) in [5.74, 6) is -2.31. The molecule has 140 valence electrons. The highest BCUT2D eigenvalue weighted by Crippen LogP contribution is 2.47. The Balaban J connectivity index is 1.55. The van der Waals surface area contributed by atoms with Crippen LogP contribution in [0.5, 0.6) is 0 Å². The zero-order valence-electron chi connectivity index (χ0n) is 14.2. The zero-order chi connectivity index (χ0) is 19.7. The second kappa shape index (κ2) is 7.20. The van der Waals surface area contributed by atoms with Gasteiger partial charge in [-0.2, -0.15) is 0 Å². The molecule has 2 aromatic carbocycles. The molecule has 28 heavy (non-hydrogen) atoms. The van der Waals surface area contributed by atoms with E-state index in [1.807, 2.05) is 48.5 Å². The number of nitrogens with zero attached hydrogens (tertiary/aromatic N) is 2. The molecule has 1 aromatic heterocycles. The molecule has 9 heteroatoms. The van der Waals surface area contributed by atoms with Gasteiger partial charge in [-0.1, -0.05) is 36.0 Å². The lowest BCUT2D eigenvalue weighted by Gasteiger charge is -2.30. The van der Waals surface area contributed by atoms with E-state index in [0.717, 1.165) is 21.9 Å². The fraction of sp³-hybridized carbons (Fsp3) is 0.0526. The van der Waals surface area contributed by atoms with Gasteiger partial charge in [0, 0.05) is 9.79 Å². The van der Waals surface area contributed by atoms with Crippen LogP contribution in [0.4, 0.5) is 17.3 Å². The number of fused-ring (bicyclic) bond motifs is 2. The first-order valence-corrected chi connectivity index (χ1v) is 8.96. The summed E-state index contributed by atoms with van der Waals surface area (Å²) < 4.78 is 9.81. The molecule has 1 aliphatic heterocycles. The smallest absolute Gasteiger partial charge is 0.433 e. The first kappa shape index (κ1) is 17.8. The Hall–Kier alpha value is -3.59. The average Bonchev–Trinajstić information content (AvgIpc) is 3.20. The fourth-order valence-electron chi connectivity index (χ4n) is 2.77. The number of ether oxygens (including phenoxy) is 1. The Kier molecular flexibility index (Phi) is 4.58. The van der Waals surface area contributed by atoms with E-state index >= 15 is 0 Å². The lowest BCUT2D eigenvalue weighted by atomic mass is 10.2. The lowest BCUT2D eigenvalue weighted by Crippen LogP contribution is -2.32. The highest BCUT2D eigenvalue weighted by atomic mass is 32.2. The Labute approximate surface area is 162 Å². The van der Waals surface area contributed by atoms with Gasteiger partial charge in [-0.05, 0) is 30.3 Å². The van der Waals surface area contributed by atoms with E-state index in [1.165, 1.54) is 4.90 Å². The summed E-state index contributed by atoms with van der Waals surface area (Å²) >= 11 is 1.55. The minimum atomic E-state index is -0.950. The lowest BCUT2D eigenvalue weighted by molar-refractivity contribution is -0.402. The van der Waals surface area contributed by atoms with Crippen LogP contribution in [0.25, 0.3) is 0 Å². The van der Waals surface area contributed by atoms with E-state index in [9.17, 15) is 19.7 Å². The van der Waals surface area contributed by atoms with Gasteiger partial charge in [-0.25, -0.2) is 4.79 Å². The molecule has 0 radical (unpaired) electrons. The third-order valence-electron chi connectivity index (χ3n) is 3.98. The fourth-order valence-corrected chi connectivity index (χ4v) is 3.83. The van der Waals surface area contributed by atoms with Crippen LogP contribution in [-0.4, -0.2) is 23.4 Å². The highest BCUT2D eigenvalue weighted by molar-refractivity contribution is 7.99. The van der Waals surface area contributed by atoms with E-state index < -0.39 is 29.3 Å². The maximum Gasteiger partial charge on any atom is 0.433 e. The van der Waals surface area contributed by atoms with Gasteiger partial charge in [0.2, 0.25) is 5.76 Å². The molecule has 0 saturated heterocycles. The molecule has 0 bridgehead atoms. The zero-order valence-corrected chi connectivity index (χ0v) is 15.0. The van der Waals surface area contributed by atoms with Gasteiger partial charge in [0.1, 0.15) is 4.92 Å². The molecule has 0 saturated carbocycles. The van der Waals surface area contributed by atoms with Crippen molar-refractivity contribution in [2.24, 2.45) is 0 Å². The van der Waals surface area contributed by atoms with Crippen molar-refractivity contribution < 1.29 is 23.7 Å². The third kappa shape index (κ3) is 3.23. The van der Waals surface area contributed by atoms with E-state index in [0.29, 0.717) is 11.4 Å². The second-order valence-corrected chi connectivity index (χ2v) is 6.82. The van der Waals surface area contributed by atoms with E-state index in [-0.39, 0.29) is 5.76 Å². The summed E-state index contributed by atoms with van der Waals surface area (Å²) in [6, 6.07) is 17.0. The number of carbonyl (C=O) groups excluding carboxylic acids is 2. The summed E-state index contributed by atoms with van der Waals surface area (Å²) in [6.45, 7) is -0.541. The molecule has 0 N–H and O–H groups in total. The molecule has 0 aliphatic carbocycles. The SMILES string of the molecule is O=C(OCC(=O)N1c2ccccc2Sc2ccccc21)c1ccc([N+](=O)[O-])o1. The number of nitro groups is 1. The summed E-state index contributed by atoms with van der Waals surface area (Å²) in [4.78, 5) is 38.1. The van der Waals surface area contributed by atoms with Crippen molar-refractivity contribution in [3.05, 3.63) is 76.5 Å². The van der Waals surface area contributed by atoms with Crippen molar-refractivity contribution >= 4 is 40.9 Å². The van der Waals surface area contributed by atoms with Crippen LogP contribution in [0.2, 0.25) is 0 Å². The Morgan fingerprint density at radius 1 is 1.00 bits per heavy atom. The maximum atomic E-state index is 12.9. The van der Waals surface area contributed by atoms with Crippen LogP contribution >= 0.6 is 11.8 Å². The van der Waals surface area contributed by atoms with Crippen LogP contribution in [0.1, 0.15) is 10.6 Å². The van der Waals surface area contributed by atoms with Crippen molar-refractivity contribution in [1.29, 1.82) is 0 Å². The molecule has 0 spiro atoms. The second-order valence-electron chi connectivity index (χ2n) is 5.74. The molecule has 0 atom stereocenters. The molecule has 2 heterocycles. The average molecular weight is 396 g/mol. The Morgan fingerprint density at radius 2 is 1.61 bits per heavy atom. The number of hydrogen-bond acceptors (Lipinski definition) is 7. The summed E-state index contributed by atoms with van der Waals surface area (Å²) in [5, 5.41) is 10.6. The van der Waals surface area contributed by atoms with Crippen molar-refractivity contribution in [3.63, 3.8) is 0 Å². The number of anilines is 2.